The molecule has 19 heavy (non-hydrogen) atoms. The van der Waals surface area contributed by atoms with Crippen LogP contribution in [-0.2, 0) is 19.1 Å². The van der Waals surface area contributed by atoms with Crippen molar-refractivity contribution in [2.24, 2.45) is 0 Å². The van der Waals surface area contributed by atoms with Crippen molar-refractivity contribution in [3.63, 3.8) is 0 Å². The van der Waals surface area contributed by atoms with E-state index >= 15 is 0 Å². The maximum atomic E-state index is 11.3. The fraction of sp³-hybridized carbons (Fsp3) is 0.600. The molecule has 0 aliphatic heterocycles. The molecule has 0 saturated heterocycles. The van der Waals surface area contributed by atoms with E-state index in [2.05, 4.69) is 13.2 Å². The van der Waals surface area contributed by atoms with Gasteiger partial charge < -0.3 is 9.47 Å². The maximum absolute atomic E-state index is 11.3. The van der Waals surface area contributed by atoms with Crippen molar-refractivity contribution in [1.29, 1.82) is 0 Å². The van der Waals surface area contributed by atoms with Gasteiger partial charge in [-0.3, -0.25) is 0 Å². The smallest absolute Gasteiger partial charge is 0.333 e. The topological polar surface area (TPSA) is 52.6 Å². The Balaban J connectivity index is 3.37. The highest BCUT2D eigenvalue weighted by atomic mass is 16.5. The SMILES string of the molecule is C=C(C)C(=O)OCCCCCCOC(=O)C(=C)CC. The molecule has 0 aromatic carbocycles. The van der Waals surface area contributed by atoms with E-state index in [4.69, 9.17) is 9.47 Å². The van der Waals surface area contributed by atoms with Crippen molar-refractivity contribution in [3.8, 4) is 0 Å². The first-order valence-electron chi connectivity index (χ1n) is 6.66. The minimum absolute atomic E-state index is 0.308. The molecule has 0 amide bonds. The molecule has 0 aromatic rings. The molecule has 108 valence electrons. The van der Waals surface area contributed by atoms with Crippen LogP contribution >= 0.6 is 0 Å². The van der Waals surface area contributed by atoms with Crippen LogP contribution in [0.3, 0.4) is 0 Å². The number of rotatable bonds is 10. The molecule has 0 fully saturated rings. The highest BCUT2D eigenvalue weighted by molar-refractivity contribution is 5.87. The molecule has 4 heteroatoms. The third-order valence-electron chi connectivity index (χ3n) is 2.57. The molecule has 0 spiro atoms. The van der Waals surface area contributed by atoms with Gasteiger partial charge in [0, 0.05) is 11.1 Å². The molecule has 0 aliphatic carbocycles. The van der Waals surface area contributed by atoms with Crippen molar-refractivity contribution in [3.05, 3.63) is 24.3 Å². The predicted octanol–water partition coefficient (Wildman–Crippen LogP) is 3.18. The largest absolute Gasteiger partial charge is 0.462 e. The summed E-state index contributed by atoms with van der Waals surface area (Å²) in [5.41, 5.74) is 0.926. The summed E-state index contributed by atoms with van der Waals surface area (Å²) in [5, 5.41) is 0. The summed E-state index contributed by atoms with van der Waals surface area (Å²) < 4.78 is 9.99. The third kappa shape index (κ3) is 9.05. The second-order valence-corrected chi connectivity index (χ2v) is 4.42. The van der Waals surface area contributed by atoms with E-state index in [1.807, 2.05) is 6.92 Å². The van der Waals surface area contributed by atoms with Crippen LogP contribution in [0, 0.1) is 0 Å². The van der Waals surface area contributed by atoms with E-state index in [1.54, 1.807) is 6.92 Å². The van der Waals surface area contributed by atoms with E-state index in [1.165, 1.54) is 0 Å². The van der Waals surface area contributed by atoms with Crippen molar-refractivity contribution in [2.45, 2.75) is 46.0 Å². The van der Waals surface area contributed by atoms with E-state index in [9.17, 15) is 9.59 Å². The number of unbranched alkanes of at least 4 members (excludes halogenated alkanes) is 3. The van der Waals surface area contributed by atoms with Crippen LogP contribution in [0.1, 0.15) is 46.0 Å². The van der Waals surface area contributed by atoms with Gasteiger partial charge in [0.25, 0.3) is 0 Å². The molecule has 0 atom stereocenters. The van der Waals surface area contributed by atoms with Crippen LogP contribution in [-0.4, -0.2) is 25.2 Å². The normalized spacial score (nSPS) is 9.79. The average Bonchev–Trinajstić information content (AvgIpc) is 2.39. The van der Waals surface area contributed by atoms with Crippen LogP contribution in [0.25, 0.3) is 0 Å². The zero-order valence-electron chi connectivity index (χ0n) is 12.0. The summed E-state index contributed by atoms with van der Waals surface area (Å²) in [6.45, 7) is 11.4. The molecule has 0 bridgehead atoms. The van der Waals surface area contributed by atoms with E-state index in [0.29, 0.717) is 30.8 Å². The molecule has 0 radical (unpaired) electrons. The lowest BCUT2D eigenvalue weighted by Gasteiger charge is -2.06. The number of hydrogen-bond acceptors (Lipinski definition) is 4. The van der Waals surface area contributed by atoms with E-state index in [-0.39, 0.29) is 11.9 Å². The highest BCUT2D eigenvalue weighted by Crippen LogP contribution is 2.04. The van der Waals surface area contributed by atoms with Crippen molar-refractivity contribution >= 4 is 11.9 Å². The minimum Gasteiger partial charge on any atom is -0.462 e. The molecule has 0 unspecified atom stereocenters. The maximum Gasteiger partial charge on any atom is 0.333 e. The summed E-state index contributed by atoms with van der Waals surface area (Å²) >= 11 is 0. The molecule has 0 N–H and O–H groups in total. The summed E-state index contributed by atoms with van der Waals surface area (Å²) in [4.78, 5) is 22.3. The molecule has 0 saturated carbocycles. The van der Waals surface area contributed by atoms with Gasteiger partial charge in [0.15, 0.2) is 0 Å². The van der Waals surface area contributed by atoms with Crippen molar-refractivity contribution in [1.82, 2.24) is 0 Å². The van der Waals surface area contributed by atoms with Crippen LogP contribution in [0.5, 0.6) is 0 Å². The Morgan fingerprint density at radius 1 is 0.895 bits per heavy atom. The Hall–Kier alpha value is -1.58. The first kappa shape index (κ1) is 17.4. The number of hydrogen-bond donors (Lipinski definition) is 0. The standard InChI is InChI=1S/C15H24O4/c1-5-13(4)15(17)19-11-9-7-6-8-10-18-14(16)12(2)3/h2,4-11H2,1,3H3. The van der Waals surface area contributed by atoms with Gasteiger partial charge in [-0.15, -0.1) is 0 Å². The summed E-state index contributed by atoms with van der Waals surface area (Å²) in [6, 6.07) is 0. The van der Waals surface area contributed by atoms with Crippen LogP contribution in [0.15, 0.2) is 24.3 Å². The summed E-state index contributed by atoms with van der Waals surface area (Å²) in [6.07, 6.45) is 4.13. The van der Waals surface area contributed by atoms with Crippen molar-refractivity contribution < 1.29 is 19.1 Å². The molecular weight excluding hydrogens is 244 g/mol. The quantitative estimate of drug-likeness (QED) is 0.347. The first-order valence-corrected chi connectivity index (χ1v) is 6.66. The second kappa shape index (κ2) is 10.4. The predicted molar refractivity (Wildman–Crippen MR) is 74.6 cm³/mol. The number of carbonyl (C=O) groups is 2. The second-order valence-electron chi connectivity index (χ2n) is 4.42. The Bertz CT molecular complexity index is 331. The van der Waals surface area contributed by atoms with Gasteiger partial charge in [-0.2, -0.15) is 0 Å². The van der Waals surface area contributed by atoms with Gasteiger partial charge in [0.05, 0.1) is 13.2 Å². The molecule has 0 heterocycles. The summed E-state index contributed by atoms with van der Waals surface area (Å²) in [7, 11) is 0. The molecule has 0 rings (SSSR count). The Kier molecular flexibility index (Phi) is 9.49. The Morgan fingerprint density at radius 3 is 1.79 bits per heavy atom. The van der Waals surface area contributed by atoms with Gasteiger partial charge >= 0.3 is 11.9 Å². The highest BCUT2D eigenvalue weighted by Gasteiger charge is 2.05. The van der Waals surface area contributed by atoms with Gasteiger partial charge in [-0.1, -0.05) is 20.1 Å². The zero-order chi connectivity index (χ0) is 14.7. The Labute approximate surface area is 115 Å². The van der Waals surface area contributed by atoms with Gasteiger partial charge in [0.2, 0.25) is 0 Å². The minimum atomic E-state index is -0.341. The monoisotopic (exact) mass is 268 g/mol. The summed E-state index contributed by atoms with van der Waals surface area (Å²) in [5.74, 6) is -0.648. The fourth-order valence-electron chi connectivity index (χ4n) is 1.26. The number of carbonyl (C=O) groups excluding carboxylic acids is 2. The lowest BCUT2D eigenvalue weighted by molar-refractivity contribution is -0.140. The molecule has 4 nitrogen and oxygen atoms in total. The van der Waals surface area contributed by atoms with Gasteiger partial charge in [-0.05, 0) is 39.0 Å². The first-order chi connectivity index (χ1) is 8.99. The van der Waals surface area contributed by atoms with E-state index in [0.717, 1.165) is 25.7 Å². The van der Waals surface area contributed by atoms with Crippen LogP contribution < -0.4 is 0 Å². The molecular formula is C15H24O4. The van der Waals surface area contributed by atoms with Crippen LogP contribution in [0.4, 0.5) is 0 Å². The van der Waals surface area contributed by atoms with Gasteiger partial charge in [0.1, 0.15) is 0 Å². The van der Waals surface area contributed by atoms with E-state index < -0.39 is 0 Å². The molecule has 0 aliphatic rings. The average molecular weight is 268 g/mol. The number of esters is 2. The lowest BCUT2D eigenvalue weighted by atomic mass is 10.2. The lowest BCUT2D eigenvalue weighted by Crippen LogP contribution is -2.08. The third-order valence-corrected chi connectivity index (χ3v) is 2.57. The van der Waals surface area contributed by atoms with Crippen LogP contribution in [0.2, 0.25) is 0 Å². The van der Waals surface area contributed by atoms with Gasteiger partial charge in [-0.25, -0.2) is 9.59 Å². The zero-order valence-corrected chi connectivity index (χ0v) is 12.0. The Morgan fingerprint density at radius 2 is 1.37 bits per heavy atom. The molecule has 0 aromatic heterocycles. The van der Waals surface area contributed by atoms with Crippen molar-refractivity contribution in [2.75, 3.05) is 13.2 Å². The fourth-order valence-corrected chi connectivity index (χ4v) is 1.26. The number of ether oxygens (including phenoxy) is 2.